The number of hydrogen-bond donors (Lipinski definition) is 2. The highest BCUT2D eigenvalue weighted by Crippen LogP contribution is 2.33. The Kier molecular flexibility index (Phi) is 2.82. The van der Waals surface area contributed by atoms with E-state index in [0.717, 1.165) is 12.8 Å². The van der Waals surface area contributed by atoms with Gasteiger partial charge in [-0.3, -0.25) is 4.40 Å². The maximum Gasteiger partial charge on any atom is 0.354 e. The van der Waals surface area contributed by atoms with Crippen molar-refractivity contribution in [3.05, 3.63) is 59.5 Å². The summed E-state index contributed by atoms with van der Waals surface area (Å²) in [7, 11) is 0. The molecule has 0 saturated carbocycles. The van der Waals surface area contributed by atoms with Gasteiger partial charge >= 0.3 is 5.97 Å². The Hall–Kier alpha value is -2.89. The van der Waals surface area contributed by atoms with Crippen LogP contribution in [0.4, 0.5) is 5.95 Å². The van der Waals surface area contributed by atoms with E-state index in [4.69, 9.17) is 0 Å². The van der Waals surface area contributed by atoms with Gasteiger partial charge in [-0.2, -0.15) is 0 Å². The molecule has 1 atom stereocenters. The minimum absolute atomic E-state index is 0.00696. The highest BCUT2D eigenvalue weighted by Gasteiger charge is 2.23. The van der Waals surface area contributed by atoms with Crippen molar-refractivity contribution in [2.24, 2.45) is 0 Å². The molecule has 2 aromatic heterocycles. The van der Waals surface area contributed by atoms with Crippen LogP contribution in [0.1, 0.15) is 34.1 Å². The molecular formula is C16H14N4O2. The Labute approximate surface area is 126 Å². The first kappa shape index (κ1) is 12.8. The van der Waals surface area contributed by atoms with Crippen LogP contribution in [0.25, 0.3) is 5.65 Å². The maximum atomic E-state index is 11.2. The topological polar surface area (TPSA) is 79.5 Å². The SMILES string of the molecule is O=C(O)c1cc2nccn2c(NC2CCc3ccccc32)n1. The molecule has 0 saturated heterocycles. The monoisotopic (exact) mass is 294 g/mol. The zero-order valence-corrected chi connectivity index (χ0v) is 11.7. The summed E-state index contributed by atoms with van der Waals surface area (Å²) < 4.78 is 1.77. The molecule has 2 N–H and O–H groups in total. The van der Waals surface area contributed by atoms with Crippen molar-refractivity contribution in [1.82, 2.24) is 14.4 Å². The lowest BCUT2D eigenvalue weighted by molar-refractivity contribution is 0.0690. The molecule has 1 aliphatic rings. The third-order valence-electron chi connectivity index (χ3n) is 4.05. The Morgan fingerprint density at radius 2 is 2.23 bits per heavy atom. The second kappa shape index (κ2) is 4.84. The van der Waals surface area contributed by atoms with E-state index in [-0.39, 0.29) is 11.7 Å². The quantitative estimate of drug-likeness (QED) is 0.776. The third-order valence-corrected chi connectivity index (χ3v) is 4.05. The Bertz CT molecular complexity index is 871. The fraction of sp³-hybridized carbons (Fsp3) is 0.188. The van der Waals surface area contributed by atoms with Crippen molar-refractivity contribution < 1.29 is 9.90 Å². The van der Waals surface area contributed by atoms with Crippen molar-refractivity contribution in [1.29, 1.82) is 0 Å². The molecule has 0 bridgehead atoms. The zero-order chi connectivity index (χ0) is 15.1. The lowest BCUT2D eigenvalue weighted by Crippen LogP contribution is -2.14. The number of nitrogens with zero attached hydrogens (tertiary/aromatic N) is 3. The minimum atomic E-state index is -1.06. The molecule has 0 radical (unpaired) electrons. The summed E-state index contributed by atoms with van der Waals surface area (Å²) in [5.41, 5.74) is 3.14. The van der Waals surface area contributed by atoms with Gasteiger partial charge in [0.25, 0.3) is 0 Å². The van der Waals surface area contributed by atoms with Crippen LogP contribution in [0.15, 0.2) is 42.7 Å². The summed E-state index contributed by atoms with van der Waals surface area (Å²) in [6.07, 6.45) is 5.39. The highest BCUT2D eigenvalue weighted by atomic mass is 16.4. The van der Waals surface area contributed by atoms with Gasteiger partial charge in [0, 0.05) is 18.5 Å². The van der Waals surface area contributed by atoms with Crippen LogP contribution in [-0.4, -0.2) is 25.4 Å². The van der Waals surface area contributed by atoms with Crippen LogP contribution in [0.3, 0.4) is 0 Å². The van der Waals surface area contributed by atoms with Gasteiger partial charge in [-0.1, -0.05) is 24.3 Å². The van der Waals surface area contributed by atoms with E-state index in [9.17, 15) is 9.90 Å². The number of rotatable bonds is 3. The van der Waals surface area contributed by atoms with Gasteiger partial charge in [-0.25, -0.2) is 14.8 Å². The van der Waals surface area contributed by atoms with E-state index >= 15 is 0 Å². The Morgan fingerprint density at radius 3 is 3.09 bits per heavy atom. The van der Waals surface area contributed by atoms with Crippen molar-refractivity contribution >= 4 is 17.6 Å². The second-order valence-electron chi connectivity index (χ2n) is 5.36. The number of benzene rings is 1. The molecule has 110 valence electrons. The standard InChI is InChI=1S/C16H14N4O2/c21-15(22)13-9-14-17-7-8-20(14)16(19-13)18-12-6-5-10-3-1-2-4-11(10)12/h1-4,7-9,12H,5-6H2,(H,18,19)(H,21,22). The van der Waals surface area contributed by atoms with Crippen molar-refractivity contribution in [3.63, 3.8) is 0 Å². The summed E-state index contributed by atoms with van der Waals surface area (Å²) in [6, 6.07) is 9.90. The number of carboxylic acids is 1. The number of aryl methyl sites for hydroxylation is 1. The van der Waals surface area contributed by atoms with Crippen LogP contribution < -0.4 is 5.32 Å². The second-order valence-corrected chi connectivity index (χ2v) is 5.36. The fourth-order valence-corrected chi connectivity index (χ4v) is 3.00. The summed E-state index contributed by atoms with van der Waals surface area (Å²) >= 11 is 0. The normalized spacial score (nSPS) is 16.6. The molecule has 1 aromatic carbocycles. The van der Waals surface area contributed by atoms with E-state index < -0.39 is 5.97 Å². The minimum Gasteiger partial charge on any atom is -0.477 e. The van der Waals surface area contributed by atoms with Gasteiger partial charge in [0.1, 0.15) is 5.65 Å². The average molecular weight is 294 g/mol. The summed E-state index contributed by atoms with van der Waals surface area (Å²) in [5.74, 6) is -0.547. The molecular weight excluding hydrogens is 280 g/mol. The summed E-state index contributed by atoms with van der Waals surface area (Å²) in [6.45, 7) is 0. The van der Waals surface area contributed by atoms with Crippen LogP contribution in [-0.2, 0) is 6.42 Å². The lowest BCUT2D eigenvalue weighted by Gasteiger charge is -2.16. The van der Waals surface area contributed by atoms with Gasteiger partial charge in [0.2, 0.25) is 5.95 Å². The summed E-state index contributed by atoms with van der Waals surface area (Å²) in [5, 5.41) is 12.6. The predicted octanol–water partition coefficient (Wildman–Crippen LogP) is 2.53. The zero-order valence-electron chi connectivity index (χ0n) is 11.7. The first-order chi connectivity index (χ1) is 10.7. The molecule has 1 unspecified atom stereocenters. The maximum absolute atomic E-state index is 11.2. The molecule has 1 aliphatic carbocycles. The predicted molar refractivity (Wildman–Crippen MR) is 81.1 cm³/mol. The number of nitrogens with one attached hydrogen (secondary N) is 1. The third kappa shape index (κ3) is 2.00. The smallest absolute Gasteiger partial charge is 0.354 e. The van der Waals surface area contributed by atoms with Crippen LogP contribution in [0.2, 0.25) is 0 Å². The Morgan fingerprint density at radius 1 is 1.36 bits per heavy atom. The van der Waals surface area contributed by atoms with E-state index in [0.29, 0.717) is 11.6 Å². The number of carbonyl (C=O) groups is 1. The molecule has 6 nitrogen and oxygen atoms in total. The molecule has 0 amide bonds. The molecule has 3 aromatic rings. The molecule has 0 spiro atoms. The van der Waals surface area contributed by atoms with E-state index in [1.165, 1.54) is 17.2 Å². The molecule has 22 heavy (non-hydrogen) atoms. The number of anilines is 1. The van der Waals surface area contributed by atoms with Crippen molar-refractivity contribution in [3.8, 4) is 0 Å². The van der Waals surface area contributed by atoms with Gasteiger partial charge in [-0.15, -0.1) is 0 Å². The van der Waals surface area contributed by atoms with Crippen LogP contribution >= 0.6 is 0 Å². The number of carboxylic acid groups (broad SMARTS) is 1. The number of imidazole rings is 1. The number of hydrogen-bond acceptors (Lipinski definition) is 4. The van der Waals surface area contributed by atoms with Gasteiger partial charge in [-0.05, 0) is 24.0 Å². The Balaban J connectivity index is 1.76. The van der Waals surface area contributed by atoms with Crippen molar-refractivity contribution in [2.75, 3.05) is 5.32 Å². The first-order valence-corrected chi connectivity index (χ1v) is 7.14. The van der Waals surface area contributed by atoms with Crippen LogP contribution in [0.5, 0.6) is 0 Å². The molecule has 0 aliphatic heterocycles. The average Bonchev–Trinajstić information content (AvgIpc) is 3.14. The molecule has 4 rings (SSSR count). The van der Waals surface area contributed by atoms with E-state index in [1.807, 2.05) is 12.1 Å². The van der Waals surface area contributed by atoms with Gasteiger partial charge in [0.05, 0.1) is 6.04 Å². The lowest BCUT2D eigenvalue weighted by atomic mass is 10.1. The molecule has 0 fully saturated rings. The molecule has 2 heterocycles. The molecule has 6 heteroatoms. The number of fused-ring (bicyclic) bond motifs is 2. The summed E-state index contributed by atoms with van der Waals surface area (Å²) in [4.78, 5) is 19.6. The van der Waals surface area contributed by atoms with Crippen LogP contribution in [0, 0.1) is 0 Å². The largest absolute Gasteiger partial charge is 0.477 e. The van der Waals surface area contributed by atoms with E-state index in [1.54, 1.807) is 16.8 Å². The van der Waals surface area contributed by atoms with Crippen molar-refractivity contribution in [2.45, 2.75) is 18.9 Å². The fourth-order valence-electron chi connectivity index (χ4n) is 3.00. The van der Waals surface area contributed by atoms with Gasteiger partial charge < -0.3 is 10.4 Å². The first-order valence-electron chi connectivity index (χ1n) is 7.14. The number of aromatic nitrogens is 3. The van der Waals surface area contributed by atoms with Gasteiger partial charge in [0.15, 0.2) is 5.69 Å². The van der Waals surface area contributed by atoms with E-state index in [2.05, 4.69) is 27.4 Å². The highest BCUT2D eigenvalue weighted by molar-refractivity contribution is 5.87. The number of aromatic carboxylic acids is 1.